The van der Waals surface area contributed by atoms with E-state index in [0.717, 1.165) is 31.4 Å². The van der Waals surface area contributed by atoms with Crippen LogP contribution in [0.5, 0.6) is 0 Å². The highest BCUT2D eigenvalue weighted by molar-refractivity contribution is 7.89. The fraction of sp³-hybridized carbons (Fsp3) is 0.500. The Morgan fingerprint density at radius 1 is 1.17 bits per heavy atom. The van der Waals surface area contributed by atoms with Gasteiger partial charge in [-0.3, -0.25) is 14.6 Å². The number of nitrogens with one attached hydrogen (secondary N) is 2. The second-order valence-electron chi connectivity index (χ2n) is 9.08. The molecule has 0 bridgehead atoms. The lowest BCUT2D eigenvalue weighted by Gasteiger charge is -2.34. The van der Waals surface area contributed by atoms with E-state index in [1.165, 1.54) is 6.20 Å². The number of hydrogen-bond acceptors (Lipinski definition) is 5. The van der Waals surface area contributed by atoms with E-state index >= 15 is 0 Å². The standard InChI is InChI=1S/C26H35FN4O4S/c1-4-9-22(26(33)31-14-11-18(5-2)12-15-31)30-36(34,35)23-17-19(27)16-20(21-10-7-8-13-28-21)25(23)29-24(32)6-3/h7-8,10,13,16-18,22,30H,4-6,9,11-12,14-15H2,1-3H3,(H,29,32)/t22-/m0/s1. The first-order chi connectivity index (χ1) is 17.2. The lowest BCUT2D eigenvalue weighted by atomic mass is 9.94. The molecule has 10 heteroatoms. The summed E-state index contributed by atoms with van der Waals surface area (Å²) in [4.78, 5) is 31.1. The molecule has 2 N–H and O–H groups in total. The van der Waals surface area contributed by atoms with E-state index in [1.54, 1.807) is 30.0 Å². The van der Waals surface area contributed by atoms with Crippen LogP contribution in [0.25, 0.3) is 11.3 Å². The van der Waals surface area contributed by atoms with Gasteiger partial charge in [-0.2, -0.15) is 4.72 Å². The van der Waals surface area contributed by atoms with Gasteiger partial charge in [0.05, 0.1) is 11.4 Å². The van der Waals surface area contributed by atoms with E-state index in [2.05, 4.69) is 21.9 Å². The fourth-order valence-electron chi connectivity index (χ4n) is 4.43. The summed E-state index contributed by atoms with van der Waals surface area (Å²) in [6, 6.07) is 5.97. The van der Waals surface area contributed by atoms with Crippen molar-refractivity contribution in [3.63, 3.8) is 0 Å². The molecule has 3 rings (SSSR count). The third kappa shape index (κ3) is 6.67. The van der Waals surface area contributed by atoms with E-state index in [4.69, 9.17) is 0 Å². The quantitative estimate of drug-likeness (QED) is 0.487. The van der Waals surface area contributed by atoms with Crippen LogP contribution in [0, 0.1) is 11.7 Å². The van der Waals surface area contributed by atoms with E-state index in [1.807, 2.05) is 6.92 Å². The van der Waals surface area contributed by atoms with Gasteiger partial charge in [0.2, 0.25) is 21.8 Å². The van der Waals surface area contributed by atoms with Crippen molar-refractivity contribution in [3.05, 3.63) is 42.3 Å². The fourth-order valence-corrected chi connectivity index (χ4v) is 5.85. The molecule has 2 heterocycles. The Balaban J connectivity index is 2.00. The van der Waals surface area contributed by atoms with Crippen molar-refractivity contribution in [2.24, 2.45) is 5.92 Å². The summed E-state index contributed by atoms with van der Waals surface area (Å²) in [6.07, 6.45) is 5.29. The summed E-state index contributed by atoms with van der Waals surface area (Å²) in [5, 5.41) is 2.61. The Morgan fingerprint density at radius 2 is 1.89 bits per heavy atom. The van der Waals surface area contributed by atoms with Crippen LogP contribution in [0.1, 0.15) is 59.3 Å². The molecule has 0 aliphatic carbocycles. The number of likely N-dealkylation sites (tertiary alicyclic amines) is 1. The van der Waals surface area contributed by atoms with E-state index in [0.29, 0.717) is 37.5 Å². The van der Waals surface area contributed by atoms with Crippen LogP contribution >= 0.6 is 0 Å². The van der Waals surface area contributed by atoms with Gasteiger partial charge in [0.15, 0.2) is 0 Å². The van der Waals surface area contributed by atoms with Crippen molar-refractivity contribution in [1.82, 2.24) is 14.6 Å². The van der Waals surface area contributed by atoms with Crippen LogP contribution in [0.2, 0.25) is 0 Å². The van der Waals surface area contributed by atoms with Crippen molar-refractivity contribution in [1.29, 1.82) is 0 Å². The third-order valence-electron chi connectivity index (χ3n) is 6.56. The van der Waals surface area contributed by atoms with Gasteiger partial charge in [-0.05, 0) is 49.4 Å². The van der Waals surface area contributed by atoms with Crippen molar-refractivity contribution in [3.8, 4) is 11.3 Å². The molecule has 1 aliphatic heterocycles. The van der Waals surface area contributed by atoms with Crippen molar-refractivity contribution in [2.45, 2.75) is 70.2 Å². The van der Waals surface area contributed by atoms with E-state index in [9.17, 15) is 22.4 Å². The number of aromatic nitrogens is 1. The van der Waals surface area contributed by atoms with E-state index < -0.39 is 32.7 Å². The number of nitrogens with zero attached hydrogens (tertiary/aromatic N) is 2. The third-order valence-corrected chi connectivity index (χ3v) is 8.06. The van der Waals surface area contributed by atoms with Crippen molar-refractivity contribution >= 4 is 27.5 Å². The molecule has 2 amide bonds. The number of carbonyl (C=O) groups excluding carboxylic acids is 2. The molecule has 2 aromatic rings. The molecular weight excluding hydrogens is 483 g/mol. The van der Waals surface area contributed by atoms with Crippen LogP contribution in [-0.2, 0) is 19.6 Å². The maximum absolute atomic E-state index is 14.7. The summed E-state index contributed by atoms with van der Waals surface area (Å²) < 4.78 is 44.5. The Morgan fingerprint density at radius 3 is 2.47 bits per heavy atom. The Bertz CT molecular complexity index is 1170. The zero-order valence-corrected chi connectivity index (χ0v) is 21.9. The van der Waals surface area contributed by atoms with Gasteiger partial charge >= 0.3 is 0 Å². The maximum atomic E-state index is 14.7. The zero-order valence-electron chi connectivity index (χ0n) is 21.1. The first-order valence-corrected chi connectivity index (χ1v) is 14.0. The van der Waals surface area contributed by atoms with Crippen LogP contribution in [0.4, 0.5) is 10.1 Å². The predicted octanol–water partition coefficient (Wildman–Crippen LogP) is 4.33. The first kappa shape index (κ1) is 27.7. The van der Waals surface area contributed by atoms with Crippen LogP contribution < -0.4 is 10.0 Å². The maximum Gasteiger partial charge on any atom is 0.243 e. The molecule has 1 aromatic heterocycles. The Labute approximate surface area is 212 Å². The molecule has 1 aliphatic rings. The molecule has 0 radical (unpaired) electrons. The van der Waals surface area contributed by atoms with Crippen molar-refractivity contribution < 1.29 is 22.4 Å². The number of halogens is 1. The monoisotopic (exact) mass is 518 g/mol. The van der Waals surface area contributed by atoms with Gasteiger partial charge in [-0.25, -0.2) is 12.8 Å². The smallest absolute Gasteiger partial charge is 0.243 e. The molecule has 0 spiro atoms. The lowest BCUT2D eigenvalue weighted by Crippen LogP contribution is -2.50. The molecule has 36 heavy (non-hydrogen) atoms. The molecule has 1 aromatic carbocycles. The zero-order chi connectivity index (χ0) is 26.3. The summed E-state index contributed by atoms with van der Waals surface area (Å²) in [6.45, 7) is 6.79. The molecule has 1 atom stereocenters. The van der Waals surface area contributed by atoms with Crippen molar-refractivity contribution in [2.75, 3.05) is 18.4 Å². The number of carbonyl (C=O) groups is 2. The summed E-state index contributed by atoms with van der Waals surface area (Å²) in [5.41, 5.74) is 0.374. The molecule has 1 fully saturated rings. The number of piperidine rings is 1. The molecule has 1 saturated heterocycles. The molecule has 0 unspecified atom stereocenters. The highest BCUT2D eigenvalue weighted by Gasteiger charge is 2.33. The van der Waals surface area contributed by atoms with Gasteiger partial charge in [-0.15, -0.1) is 0 Å². The summed E-state index contributed by atoms with van der Waals surface area (Å²) >= 11 is 0. The number of pyridine rings is 1. The summed E-state index contributed by atoms with van der Waals surface area (Å²) in [5.74, 6) is -0.950. The minimum absolute atomic E-state index is 0.0686. The van der Waals surface area contributed by atoms with Gasteiger partial charge < -0.3 is 10.2 Å². The molecule has 8 nitrogen and oxygen atoms in total. The average Bonchev–Trinajstić information content (AvgIpc) is 2.89. The van der Waals surface area contributed by atoms with Gasteiger partial charge in [0.25, 0.3) is 0 Å². The normalized spacial score (nSPS) is 15.5. The molecule has 196 valence electrons. The number of anilines is 1. The van der Waals surface area contributed by atoms with Gasteiger partial charge in [0, 0.05) is 31.3 Å². The van der Waals surface area contributed by atoms with Gasteiger partial charge in [0.1, 0.15) is 16.8 Å². The topological polar surface area (TPSA) is 108 Å². The highest BCUT2D eigenvalue weighted by atomic mass is 32.2. The largest absolute Gasteiger partial charge is 0.341 e. The number of sulfonamides is 1. The number of amides is 2. The second kappa shape index (κ2) is 12.4. The number of rotatable bonds is 10. The Hall–Kier alpha value is -2.85. The number of hydrogen-bond donors (Lipinski definition) is 2. The molecule has 0 saturated carbocycles. The number of benzene rings is 1. The summed E-state index contributed by atoms with van der Waals surface area (Å²) in [7, 11) is -4.40. The minimum atomic E-state index is -4.40. The molecular formula is C26H35FN4O4S. The minimum Gasteiger partial charge on any atom is -0.341 e. The SMILES string of the molecule is CCC[C@H](NS(=O)(=O)c1cc(F)cc(-c2ccccn2)c1NC(=O)CC)C(=O)N1CCC(CC)CC1. The second-order valence-corrected chi connectivity index (χ2v) is 10.8. The van der Waals surface area contributed by atoms with Gasteiger partial charge in [-0.1, -0.05) is 39.7 Å². The lowest BCUT2D eigenvalue weighted by molar-refractivity contribution is -0.134. The average molecular weight is 519 g/mol. The first-order valence-electron chi connectivity index (χ1n) is 12.6. The highest BCUT2D eigenvalue weighted by Crippen LogP contribution is 2.34. The predicted molar refractivity (Wildman–Crippen MR) is 137 cm³/mol. The van der Waals surface area contributed by atoms with Crippen LogP contribution in [0.15, 0.2) is 41.4 Å². The Kier molecular flexibility index (Phi) is 9.56. The van der Waals surface area contributed by atoms with E-state index in [-0.39, 0.29) is 23.6 Å². The van der Waals surface area contributed by atoms with Crippen LogP contribution in [-0.4, -0.2) is 49.2 Å². The van der Waals surface area contributed by atoms with Crippen LogP contribution in [0.3, 0.4) is 0 Å².